The lowest BCUT2D eigenvalue weighted by Crippen LogP contribution is -2.00. The summed E-state index contributed by atoms with van der Waals surface area (Å²) in [7, 11) is 0. The lowest BCUT2D eigenvalue weighted by atomic mass is 9.97. The van der Waals surface area contributed by atoms with Crippen molar-refractivity contribution in [1.82, 2.24) is 9.55 Å². The summed E-state index contributed by atoms with van der Waals surface area (Å²) in [5.74, 6) is 0. The van der Waals surface area contributed by atoms with Crippen LogP contribution in [-0.2, 0) is 28.9 Å². The first-order valence-electron chi connectivity index (χ1n) is 8.14. The number of nitrogens with zero attached hydrogens (tertiary/aromatic N) is 2. The Labute approximate surface area is 144 Å². The lowest BCUT2D eigenvalue weighted by molar-refractivity contribution is -0.128. The van der Waals surface area contributed by atoms with Gasteiger partial charge in [-0.1, -0.05) is 6.07 Å². The normalized spacial score (nSPS) is 13.0. The zero-order chi connectivity index (χ0) is 16.4. The Kier molecular flexibility index (Phi) is 4.17. The van der Waals surface area contributed by atoms with Gasteiger partial charge in [0.05, 0.1) is 17.2 Å². The van der Waals surface area contributed by atoms with E-state index in [1.165, 1.54) is 39.4 Å². The summed E-state index contributed by atoms with van der Waals surface area (Å²) in [4.78, 5) is 16.0. The smallest absolute Gasteiger partial charge is 0.293 e. The van der Waals surface area contributed by atoms with E-state index in [0.29, 0.717) is 13.1 Å². The lowest BCUT2D eigenvalue weighted by Gasteiger charge is -2.10. The van der Waals surface area contributed by atoms with Crippen molar-refractivity contribution in [3.05, 3.63) is 53.3 Å². The molecule has 4 nitrogen and oxygen atoms in total. The highest BCUT2D eigenvalue weighted by molar-refractivity contribution is 7.13. The van der Waals surface area contributed by atoms with Gasteiger partial charge in [-0.2, -0.15) is 0 Å². The third-order valence-corrected chi connectivity index (χ3v) is 5.42. The molecule has 4 heterocycles. The van der Waals surface area contributed by atoms with Gasteiger partial charge >= 0.3 is 0 Å². The summed E-state index contributed by atoms with van der Waals surface area (Å²) in [5.41, 5.74) is 6.44. The third kappa shape index (κ3) is 2.55. The second kappa shape index (κ2) is 6.61. The molecule has 0 bridgehead atoms. The van der Waals surface area contributed by atoms with Gasteiger partial charge in [-0.25, -0.2) is 0 Å². The standard InChI is InChI=1S/C19H18N2O2S/c22-13-23-11-7-15-16-3-1-10-21(16)19(17-4-2-12-24-17)18(15)14-5-8-20-9-6-14/h2,4-6,8-9,12-13H,1,3,7,10-11H2. The Morgan fingerprint density at radius 1 is 1.29 bits per heavy atom. The predicted molar refractivity (Wildman–Crippen MR) is 95.0 cm³/mol. The molecule has 0 saturated heterocycles. The molecule has 1 aliphatic rings. The Hall–Kier alpha value is -2.40. The molecule has 122 valence electrons. The van der Waals surface area contributed by atoms with Crippen LogP contribution in [0.15, 0.2) is 42.0 Å². The Balaban J connectivity index is 1.92. The van der Waals surface area contributed by atoms with Gasteiger partial charge in [0.25, 0.3) is 6.47 Å². The molecule has 0 atom stereocenters. The van der Waals surface area contributed by atoms with Crippen LogP contribution in [0.3, 0.4) is 0 Å². The van der Waals surface area contributed by atoms with E-state index >= 15 is 0 Å². The molecule has 3 aromatic heterocycles. The molecule has 24 heavy (non-hydrogen) atoms. The molecule has 0 fully saturated rings. The molecular weight excluding hydrogens is 320 g/mol. The summed E-state index contributed by atoms with van der Waals surface area (Å²) in [5, 5.41) is 2.12. The second-order valence-corrected chi connectivity index (χ2v) is 6.78. The van der Waals surface area contributed by atoms with Gasteiger partial charge in [0.2, 0.25) is 0 Å². The summed E-state index contributed by atoms with van der Waals surface area (Å²) < 4.78 is 7.44. The molecule has 0 unspecified atom stereocenters. The number of fused-ring (bicyclic) bond motifs is 1. The van der Waals surface area contributed by atoms with Crippen molar-refractivity contribution >= 4 is 17.8 Å². The molecular formula is C19H18N2O2S. The SMILES string of the molecule is O=COCCc1c(-c2ccncc2)c(-c2cccs2)n2c1CCC2. The average Bonchev–Trinajstić information content (AvgIpc) is 3.33. The van der Waals surface area contributed by atoms with Crippen LogP contribution in [-0.4, -0.2) is 22.6 Å². The van der Waals surface area contributed by atoms with E-state index in [1.807, 2.05) is 12.4 Å². The number of rotatable bonds is 6. The van der Waals surface area contributed by atoms with Crippen molar-refractivity contribution in [2.75, 3.05) is 6.61 Å². The minimum Gasteiger partial charge on any atom is -0.468 e. The van der Waals surface area contributed by atoms with Gasteiger partial charge in [0, 0.05) is 36.6 Å². The van der Waals surface area contributed by atoms with Gasteiger partial charge < -0.3 is 9.30 Å². The highest BCUT2D eigenvalue weighted by atomic mass is 32.1. The molecule has 1 aliphatic heterocycles. The minimum atomic E-state index is 0.419. The maximum atomic E-state index is 10.5. The van der Waals surface area contributed by atoms with Gasteiger partial charge in [-0.05, 0) is 47.5 Å². The average molecular weight is 338 g/mol. The fraction of sp³-hybridized carbons (Fsp3) is 0.263. The minimum absolute atomic E-state index is 0.419. The van der Waals surface area contributed by atoms with Crippen LogP contribution >= 0.6 is 11.3 Å². The van der Waals surface area contributed by atoms with E-state index in [9.17, 15) is 4.79 Å². The molecule has 0 aromatic carbocycles. The summed E-state index contributed by atoms with van der Waals surface area (Å²) in [6.45, 7) is 2.00. The van der Waals surface area contributed by atoms with E-state index in [2.05, 4.69) is 39.2 Å². The number of hydrogen-bond donors (Lipinski definition) is 0. The van der Waals surface area contributed by atoms with Crippen LogP contribution < -0.4 is 0 Å². The predicted octanol–water partition coefficient (Wildman–Crippen LogP) is 3.94. The zero-order valence-electron chi connectivity index (χ0n) is 13.3. The molecule has 0 radical (unpaired) electrons. The zero-order valence-corrected chi connectivity index (χ0v) is 14.1. The first kappa shape index (κ1) is 15.1. The molecule has 0 spiro atoms. The van der Waals surface area contributed by atoms with Crippen molar-refractivity contribution in [3.8, 4) is 21.7 Å². The number of ether oxygens (including phenoxy) is 1. The highest BCUT2D eigenvalue weighted by Gasteiger charge is 2.27. The quantitative estimate of drug-likeness (QED) is 0.505. The van der Waals surface area contributed by atoms with Crippen LogP contribution in [0.2, 0.25) is 0 Å². The number of hydrogen-bond acceptors (Lipinski definition) is 4. The van der Waals surface area contributed by atoms with Crippen molar-refractivity contribution < 1.29 is 9.53 Å². The van der Waals surface area contributed by atoms with Gasteiger partial charge in [0.1, 0.15) is 0 Å². The van der Waals surface area contributed by atoms with E-state index in [0.717, 1.165) is 19.4 Å². The van der Waals surface area contributed by atoms with Gasteiger partial charge in [0.15, 0.2) is 0 Å². The third-order valence-electron chi connectivity index (χ3n) is 4.54. The van der Waals surface area contributed by atoms with Crippen molar-refractivity contribution in [2.24, 2.45) is 0 Å². The Bertz CT molecular complexity index is 838. The monoisotopic (exact) mass is 338 g/mol. The van der Waals surface area contributed by atoms with Crippen LogP contribution in [0.25, 0.3) is 21.7 Å². The van der Waals surface area contributed by atoms with Crippen LogP contribution in [0, 0.1) is 0 Å². The van der Waals surface area contributed by atoms with E-state index in [-0.39, 0.29) is 0 Å². The maximum absolute atomic E-state index is 10.5. The summed E-state index contributed by atoms with van der Waals surface area (Å²) >= 11 is 1.77. The Morgan fingerprint density at radius 3 is 2.92 bits per heavy atom. The Morgan fingerprint density at radius 2 is 2.17 bits per heavy atom. The summed E-state index contributed by atoms with van der Waals surface area (Å²) in [6.07, 6.45) is 6.67. The van der Waals surface area contributed by atoms with Crippen molar-refractivity contribution in [2.45, 2.75) is 25.8 Å². The van der Waals surface area contributed by atoms with Crippen molar-refractivity contribution in [1.29, 1.82) is 0 Å². The number of carbonyl (C=O) groups is 1. The summed E-state index contributed by atoms with van der Waals surface area (Å²) in [6, 6.07) is 8.40. The number of thiophene rings is 1. The van der Waals surface area contributed by atoms with E-state index in [1.54, 1.807) is 11.3 Å². The first-order valence-corrected chi connectivity index (χ1v) is 9.02. The highest BCUT2D eigenvalue weighted by Crippen LogP contribution is 2.43. The number of carbonyl (C=O) groups excluding carboxylic acids is 1. The number of pyridine rings is 1. The first-order chi connectivity index (χ1) is 11.9. The van der Waals surface area contributed by atoms with Crippen LogP contribution in [0.4, 0.5) is 0 Å². The van der Waals surface area contributed by atoms with Crippen LogP contribution in [0.1, 0.15) is 17.7 Å². The molecule has 0 amide bonds. The van der Waals surface area contributed by atoms with Crippen molar-refractivity contribution in [3.63, 3.8) is 0 Å². The van der Waals surface area contributed by atoms with Gasteiger partial charge in [-0.3, -0.25) is 9.78 Å². The molecule has 0 aliphatic carbocycles. The molecule has 3 aromatic rings. The maximum Gasteiger partial charge on any atom is 0.293 e. The fourth-order valence-corrected chi connectivity index (χ4v) is 4.42. The van der Waals surface area contributed by atoms with Gasteiger partial charge in [-0.15, -0.1) is 11.3 Å². The molecule has 0 N–H and O–H groups in total. The molecule has 5 heteroatoms. The van der Waals surface area contributed by atoms with E-state index < -0.39 is 0 Å². The van der Waals surface area contributed by atoms with Crippen LogP contribution in [0.5, 0.6) is 0 Å². The topological polar surface area (TPSA) is 44.1 Å². The molecule has 4 rings (SSSR count). The molecule has 0 saturated carbocycles. The fourth-order valence-electron chi connectivity index (χ4n) is 3.63. The number of aromatic nitrogens is 2. The van der Waals surface area contributed by atoms with E-state index in [4.69, 9.17) is 4.74 Å². The second-order valence-electron chi connectivity index (χ2n) is 5.83. The largest absolute Gasteiger partial charge is 0.468 e.